The van der Waals surface area contributed by atoms with Crippen LogP contribution < -0.4 is 4.90 Å². The van der Waals surface area contributed by atoms with Crippen molar-refractivity contribution in [3.8, 4) is 0 Å². The average Bonchev–Trinajstić information content (AvgIpc) is 2.59. The lowest BCUT2D eigenvalue weighted by Crippen LogP contribution is -2.09. The molecular weight excluding hydrogens is 186 g/mol. The minimum Gasteiger partial charge on any atom is -0.376 e. The number of rotatable bonds is 2. The fourth-order valence-corrected chi connectivity index (χ4v) is 1.81. The number of fused-ring (bicyclic) bond motifs is 1. The standard InChI is InChI=1S/C12H17N3/c1-9(2)15-8-13-12-10(14(3)4)6-5-7-11(12)15/h5-9H,1-4H3. The van der Waals surface area contributed by atoms with E-state index in [2.05, 4.69) is 46.5 Å². The van der Waals surface area contributed by atoms with Crippen LogP contribution in [0, 0.1) is 0 Å². The van der Waals surface area contributed by atoms with Crippen molar-refractivity contribution in [2.24, 2.45) is 0 Å². The van der Waals surface area contributed by atoms with Crippen molar-refractivity contribution in [3.63, 3.8) is 0 Å². The Morgan fingerprint density at radius 3 is 2.60 bits per heavy atom. The molecule has 0 aliphatic carbocycles. The summed E-state index contributed by atoms with van der Waals surface area (Å²) in [7, 11) is 4.09. The third-order valence-corrected chi connectivity index (χ3v) is 2.62. The minimum atomic E-state index is 0.451. The molecule has 1 aromatic heterocycles. The largest absolute Gasteiger partial charge is 0.376 e. The van der Waals surface area contributed by atoms with E-state index in [-0.39, 0.29) is 0 Å². The molecule has 80 valence electrons. The van der Waals surface area contributed by atoms with Crippen LogP contribution in [0.1, 0.15) is 19.9 Å². The van der Waals surface area contributed by atoms with Crippen molar-refractivity contribution in [3.05, 3.63) is 24.5 Å². The normalized spacial score (nSPS) is 11.3. The van der Waals surface area contributed by atoms with Gasteiger partial charge >= 0.3 is 0 Å². The van der Waals surface area contributed by atoms with E-state index in [1.54, 1.807) is 0 Å². The summed E-state index contributed by atoms with van der Waals surface area (Å²) >= 11 is 0. The molecule has 15 heavy (non-hydrogen) atoms. The molecule has 0 N–H and O–H groups in total. The first-order chi connectivity index (χ1) is 7.11. The zero-order valence-electron chi connectivity index (χ0n) is 9.73. The molecule has 0 fully saturated rings. The van der Waals surface area contributed by atoms with E-state index in [0.29, 0.717) is 6.04 Å². The molecule has 0 unspecified atom stereocenters. The highest BCUT2D eigenvalue weighted by Gasteiger charge is 2.09. The van der Waals surface area contributed by atoms with E-state index in [1.165, 1.54) is 11.2 Å². The zero-order chi connectivity index (χ0) is 11.0. The Hall–Kier alpha value is -1.51. The van der Waals surface area contributed by atoms with Crippen LogP contribution in [0.4, 0.5) is 5.69 Å². The highest BCUT2D eigenvalue weighted by Crippen LogP contribution is 2.25. The van der Waals surface area contributed by atoms with Crippen LogP contribution in [0.25, 0.3) is 11.0 Å². The second-order valence-corrected chi connectivity index (χ2v) is 4.28. The molecule has 1 aromatic carbocycles. The first-order valence-corrected chi connectivity index (χ1v) is 5.24. The van der Waals surface area contributed by atoms with E-state index >= 15 is 0 Å². The van der Waals surface area contributed by atoms with Gasteiger partial charge in [-0.15, -0.1) is 0 Å². The monoisotopic (exact) mass is 203 g/mol. The summed E-state index contributed by atoms with van der Waals surface area (Å²) in [4.78, 5) is 6.58. The Labute approximate surface area is 90.3 Å². The maximum Gasteiger partial charge on any atom is 0.112 e. The first-order valence-electron chi connectivity index (χ1n) is 5.24. The Morgan fingerprint density at radius 2 is 2.00 bits per heavy atom. The van der Waals surface area contributed by atoms with Gasteiger partial charge in [-0.2, -0.15) is 0 Å². The fourth-order valence-electron chi connectivity index (χ4n) is 1.81. The van der Waals surface area contributed by atoms with Gasteiger partial charge in [-0.1, -0.05) is 6.07 Å². The van der Waals surface area contributed by atoms with Gasteiger partial charge in [0, 0.05) is 20.1 Å². The highest BCUT2D eigenvalue weighted by atomic mass is 15.1. The highest BCUT2D eigenvalue weighted by molar-refractivity contribution is 5.88. The van der Waals surface area contributed by atoms with Gasteiger partial charge in [0.25, 0.3) is 0 Å². The van der Waals surface area contributed by atoms with E-state index in [1.807, 2.05) is 20.4 Å². The lowest BCUT2D eigenvalue weighted by molar-refractivity contribution is 0.617. The van der Waals surface area contributed by atoms with E-state index in [4.69, 9.17) is 0 Å². The van der Waals surface area contributed by atoms with Gasteiger partial charge in [-0.05, 0) is 26.0 Å². The molecule has 2 rings (SSSR count). The van der Waals surface area contributed by atoms with Crippen LogP contribution in [0.5, 0.6) is 0 Å². The third kappa shape index (κ3) is 1.58. The van der Waals surface area contributed by atoms with Gasteiger partial charge in [0.05, 0.1) is 17.5 Å². The molecule has 3 heteroatoms. The molecule has 0 aliphatic rings. The number of nitrogens with zero attached hydrogens (tertiary/aromatic N) is 3. The fraction of sp³-hybridized carbons (Fsp3) is 0.417. The van der Waals surface area contributed by atoms with Crippen molar-refractivity contribution >= 4 is 16.7 Å². The van der Waals surface area contributed by atoms with Crippen LogP contribution in [0.15, 0.2) is 24.5 Å². The molecule has 2 aromatic rings. The molecule has 0 spiro atoms. The van der Waals surface area contributed by atoms with Gasteiger partial charge in [0.2, 0.25) is 0 Å². The zero-order valence-corrected chi connectivity index (χ0v) is 9.73. The van der Waals surface area contributed by atoms with Crippen LogP contribution in [-0.2, 0) is 0 Å². The lowest BCUT2D eigenvalue weighted by atomic mass is 10.2. The predicted octanol–water partition coefficient (Wildman–Crippen LogP) is 2.68. The van der Waals surface area contributed by atoms with Gasteiger partial charge < -0.3 is 9.47 Å². The Kier molecular flexibility index (Phi) is 2.39. The molecule has 0 saturated carbocycles. The maximum atomic E-state index is 4.48. The second kappa shape index (κ2) is 3.57. The average molecular weight is 203 g/mol. The summed E-state index contributed by atoms with van der Waals surface area (Å²) in [6.07, 6.45) is 1.92. The van der Waals surface area contributed by atoms with Crippen molar-refractivity contribution in [1.29, 1.82) is 0 Å². The summed E-state index contributed by atoms with van der Waals surface area (Å²) in [5, 5.41) is 0. The molecule has 0 atom stereocenters. The third-order valence-electron chi connectivity index (χ3n) is 2.62. The quantitative estimate of drug-likeness (QED) is 0.748. The van der Waals surface area contributed by atoms with Crippen LogP contribution >= 0.6 is 0 Å². The Balaban J connectivity index is 2.69. The van der Waals surface area contributed by atoms with Crippen molar-refractivity contribution in [2.45, 2.75) is 19.9 Å². The van der Waals surface area contributed by atoms with E-state index < -0.39 is 0 Å². The van der Waals surface area contributed by atoms with Crippen molar-refractivity contribution in [1.82, 2.24) is 9.55 Å². The van der Waals surface area contributed by atoms with Crippen LogP contribution in [0.2, 0.25) is 0 Å². The molecule has 0 radical (unpaired) electrons. The number of anilines is 1. The minimum absolute atomic E-state index is 0.451. The maximum absolute atomic E-state index is 4.48. The topological polar surface area (TPSA) is 21.1 Å². The SMILES string of the molecule is CC(C)n1cnc2c(N(C)C)cccc21. The van der Waals surface area contributed by atoms with Gasteiger partial charge in [-0.3, -0.25) is 0 Å². The van der Waals surface area contributed by atoms with Crippen molar-refractivity contribution in [2.75, 3.05) is 19.0 Å². The number of hydrogen-bond donors (Lipinski definition) is 0. The number of para-hydroxylation sites is 1. The smallest absolute Gasteiger partial charge is 0.112 e. The number of imidazole rings is 1. The van der Waals surface area contributed by atoms with Crippen molar-refractivity contribution < 1.29 is 0 Å². The molecule has 3 nitrogen and oxygen atoms in total. The Bertz CT molecular complexity index is 469. The summed E-state index contributed by atoms with van der Waals surface area (Å²) in [5.41, 5.74) is 3.46. The molecule has 0 aliphatic heterocycles. The lowest BCUT2D eigenvalue weighted by Gasteiger charge is -2.13. The summed E-state index contributed by atoms with van der Waals surface area (Å²) < 4.78 is 2.20. The van der Waals surface area contributed by atoms with Crippen LogP contribution in [-0.4, -0.2) is 23.6 Å². The van der Waals surface area contributed by atoms with E-state index in [0.717, 1.165) is 5.52 Å². The number of benzene rings is 1. The molecule has 0 saturated heterocycles. The van der Waals surface area contributed by atoms with Gasteiger partial charge in [-0.25, -0.2) is 4.98 Å². The molecule has 0 amide bonds. The molecule has 0 bridgehead atoms. The van der Waals surface area contributed by atoms with Gasteiger partial charge in [0.1, 0.15) is 5.52 Å². The predicted molar refractivity (Wildman–Crippen MR) is 64.4 cm³/mol. The number of aromatic nitrogens is 2. The Morgan fingerprint density at radius 1 is 1.27 bits per heavy atom. The van der Waals surface area contributed by atoms with Gasteiger partial charge in [0.15, 0.2) is 0 Å². The molecular formula is C12H17N3. The van der Waals surface area contributed by atoms with Crippen LogP contribution in [0.3, 0.4) is 0 Å². The first kappa shape index (κ1) is 10.0. The molecule has 1 heterocycles. The summed E-state index contributed by atoms with van der Waals surface area (Å²) in [6, 6.07) is 6.75. The van der Waals surface area contributed by atoms with E-state index in [9.17, 15) is 0 Å². The number of hydrogen-bond acceptors (Lipinski definition) is 2. The summed E-state index contributed by atoms with van der Waals surface area (Å²) in [5.74, 6) is 0. The second-order valence-electron chi connectivity index (χ2n) is 4.28. The summed E-state index contributed by atoms with van der Waals surface area (Å²) in [6.45, 7) is 4.34.